The van der Waals surface area contributed by atoms with Crippen molar-refractivity contribution in [3.05, 3.63) is 11.2 Å². The summed E-state index contributed by atoms with van der Waals surface area (Å²) in [5.41, 5.74) is 0.374. The average Bonchev–Trinajstić information content (AvgIpc) is 2.91. The van der Waals surface area contributed by atoms with Gasteiger partial charge in [-0.05, 0) is 52.9 Å². The zero-order chi connectivity index (χ0) is 21.2. The Hall–Kier alpha value is -1.80. The van der Waals surface area contributed by atoms with Crippen molar-refractivity contribution in [2.45, 2.75) is 76.6 Å². The van der Waals surface area contributed by atoms with Crippen LogP contribution in [0.2, 0.25) is 5.15 Å². The molecule has 8 nitrogen and oxygen atoms in total. The maximum Gasteiger partial charge on any atom is 0.410 e. The van der Waals surface area contributed by atoms with E-state index in [1.54, 1.807) is 6.07 Å². The largest absolute Gasteiger partial charge is 0.444 e. The number of halogens is 1. The third-order valence-electron chi connectivity index (χ3n) is 5.49. The van der Waals surface area contributed by atoms with Gasteiger partial charge in [0.1, 0.15) is 5.60 Å². The zero-order valence-corrected chi connectivity index (χ0v) is 18.4. The summed E-state index contributed by atoms with van der Waals surface area (Å²) < 4.78 is 5.62. The van der Waals surface area contributed by atoms with Crippen LogP contribution in [0.15, 0.2) is 6.07 Å². The topological polar surface area (TPSA) is 90.8 Å². The summed E-state index contributed by atoms with van der Waals surface area (Å²) in [5, 5.41) is 21.2. The van der Waals surface area contributed by atoms with Crippen LogP contribution in [0.4, 0.5) is 16.3 Å². The van der Waals surface area contributed by atoms with Crippen molar-refractivity contribution in [1.29, 1.82) is 0 Å². The fraction of sp³-hybridized carbons (Fsp3) is 0.750. The number of carbonyl (C=O) groups excluding carboxylic acids is 1. The number of ether oxygens (including phenoxy) is 1. The second-order valence-electron chi connectivity index (χ2n) is 8.98. The van der Waals surface area contributed by atoms with E-state index >= 15 is 0 Å². The number of carbonyl (C=O) groups is 1. The van der Waals surface area contributed by atoms with Gasteiger partial charge in [0.25, 0.3) is 0 Å². The lowest BCUT2D eigenvalue weighted by atomic mass is 9.97. The Kier molecular flexibility index (Phi) is 6.73. The molecule has 2 N–H and O–H groups in total. The van der Waals surface area contributed by atoms with Crippen LogP contribution in [-0.4, -0.2) is 70.2 Å². The van der Waals surface area contributed by atoms with Gasteiger partial charge in [-0.2, -0.15) is 0 Å². The fourth-order valence-corrected chi connectivity index (χ4v) is 4.42. The maximum atomic E-state index is 12.6. The monoisotopic (exact) mass is 425 g/mol. The zero-order valence-electron chi connectivity index (χ0n) is 17.7. The van der Waals surface area contributed by atoms with Gasteiger partial charge in [-0.15, -0.1) is 10.2 Å². The Morgan fingerprint density at radius 1 is 1.34 bits per heavy atom. The molecule has 1 unspecified atom stereocenters. The molecule has 1 amide bonds. The van der Waals surface area contributed by atoms with Crippen LogP contribution in [0.5, 0.6) is 0 Å². The molecule has 0 saturated carbocycles. The molecule has 162 valence electrons. The van der Waals surface area contributed by atoms with Crippen molar-refractivity contribution < 1.29 is 14.6 Å². The Balaban J connectivity index is 1.68. The van der Waals surface area contributed by atoms with Crippen molar-refractivity contribution in [3.63, 3.8) is 0 Å². The first-order valence-electron chi connectivity index (χ1n) is 10.3. The van der Waals surface area contributed by atoms with Crippen molar-refractivity contribution in [2.75, 3.05) is 30.4 Å². The summed E-state index contributed by atoms with van der Waals surface area (Å²) in [6, 6.07) is 2.35. The highest BCUT2D eigenvalue weighted by Crippen LogP contribution is 2.38. The number of aliphatic hydroxyl groups excluding tert-OH is 1. The number of nitrogens with zero attached hydrogens (tertiary/aromatic N) is 4. The molecule has 2 fully saturated rings. The summed E-state index contributed by atoms with van der Waals surface area (Å²) >= 11 is 6.07. The molecule has 2 aliphatic rings. The Bertz CT molecular complexity index is 713. The Labute approximate surface area is 177 Å². The second-order valence-corrected chi connectivity index (χ2v) is 9.37. The quantitative estimate of drug-likeness (QED) is 0.722. The van der Waals surface area contributed by atoms with E-state index in [0.717, 1.165) is 31.4 Å². The number of hydrogen-bond donors (Lipinski definition) is 2. The van der Waals surface area contributed by atoms with E-state index in [1.807, 2.05) is 37.6 Å². The number of anilines is 2. The lowest BCUT2D eigenvalue weighted by Crippen LogP contribution is -2.51. The van der Waals surface area contributed by atoms with E-state index < -0.39 is 5.60 Å². The van der Waals surface area contributed by atoms with Gasteiger partial charge in [-0.3, -0.25) is 0 Å². The highest BCUT2D eigenvalue weighted by atomic mass is 35.5. The van der Waals surface area contributed by atoms with Crippen molar-refractivity contribution in [2.24, 2.45) is 0 Å². The van der Waals surface area contributed by atoms with Crippen molar-refractivity contribution >= 4 is 29.2 Å². The molecule has 9 heteroatoms. The molecule has 1 aromatic rings. The number of piperidine rings is 1. The number of aromatic nitrogens is 2. The summed E-state index contributed by atoms with van der Waals surface area (Å²) in [6.07, 6.45) is 4.14. The van der Waals surface area contributed by atoms with Crippen LogP contribution < -0.4 is 10.2 Å². The Morgan fingerprint density at radius 3 is 2.59 bits per heavy atom. The first-order valence-corrected chi connectivity index (χ1v) is 10.7. The van der Waals surface area contributed by atoms with E-state index in [9.17, 15) is 4.79 Å². The highest BCUT2D eigenvalue weighted by Gasteiger charge is 2.45. The van der Waals surface area contributed by atoms with Gasteiger partial charge >= 0.3 is 6.09 Å². The Morgan fingerprint density at radius 2 is 2.00 bits per heavy atom. The van der Waals surface area contributed by atoms with Gasteiger partial charge in [0.2, 0.25) is 0 Å². The predicted octanol–water partition coefficient (Wildman–Crippen LogP) is 3.29. The minimum absolute atomic E-state index is 0.131. The number of rotatable bonds is 6. The van der Waals surface area contributed by atoms with Gasteiger partial charge < -0.3 is 25.0 Å². The van der Waals surface area contributed by atoms with E-state index in [-0.39, 0.29) is 30.8 Å². The second kappa shape index (κ2) is 8.92. The normalized spacial score (nSPS) is 23.8. The summed E-state index contributed by atoms with van der Waals surface area (Å²) in [6.45, 7) is 6.51. The summed E-state index contributed by atoms with van der Waals surface area (Å²) in [4.78, 5) is 16.6. The van der Waals surface area contributed by atoms with E-state index in [2.05, 4.69) is 15.5 Å². The summed E-state index contributed by atoms with van der Waals surface area (Å²) in [5.74, 6) is 0.685. The molecule has 2 saturated heterocycles. The third kappa shape index (κ3) is 5.42. The minimum atomic E-state index is -0.488. The number of hydrogen-bond acceptors (Lipinski definition) is 7. The van der Waals surface area contributed by atoms with E-state index in [0.29, 0.717) is 23.9 Å². The van der Waals surface area contributed by atoms with Gasteiger partial charge in [-0.25, -0.2) is 4.79 Å². The van der Waals surface area contributed by atoms with Crippen molar-refractivity contribution in [1.82, 2.24) is 15.1 Å². The van der Waals surface area contributed by atoms with Crippen LogP contribution in [-0.2, 0) is 4.74 Å². The van der Waals surface area contributed by atoms with Gasteiger partial charge in [0, 0.05) is 44.4 Å². The molecule has 3 rings (SSSR count). The average molecular weight is 426 g/mol. The lowest BCUT2D eigenvalue weighted by molar-refractivity contribution is 0.00682. The number of amides is 1. The van der Waals surface area contributed by atoms with Gasteiger partial charge in [-0.1, -0.05) is 11.6 Å². The molecule has 0 radical (unpaired) electrons. The first kappa shape index (κ1) is 21.9. The van der Waals surface area contributed by atoms with E-state index in [4.69, 9.17) is 21.4 Å². The smallest absolute Gasteiger partial charge is 0.410 e. The molecular weight excluding hydrogens is 394 g/mol. The van der Waals surface area contributed by atoms with E-state index in [1.165, 1.54) is 0 Å². The molecule has 29 heavy (non-hydrogen) atoms. The van der Waals surface area contributed by atoms with Crippen LogP contribution in [0.25, 0.3) is 0 Å². The SMILES string of the molecule is CN(CCCO)c1cc(Cl)nnc1NC1C[C@H]2CC[C@@H](C1)N2C(=O)OC(C)(C)C. The third-order valence-corrected chi connectivity index (χ3v) is 5.67. The highest BCUT2D eigenvalue weighted by molar-refractivity contribution is 6.29. The van der Waals surface area contributed by atoms with Crippen LogP contribution in [0.1, 0.15) is 52.9 Å². The van der Waals surface area contributed by atoms with Crippen molar-refractivity contribution in [3.8, 4) is 0 Å². The number of aliphatic hydroxyl groups is 1. The first-order chi connectivity index (χ1) is 13.7. The van der Waals surface area contributed by atoms with Crippen LogP contribution in [0.3, 0.4) is 0 Å². The van der Waals surface area contributed by atoms with Gasteiger partial charge in [0.15, 0.2) is 11.0 Å². The summed E-state index contributed by atoms with van der Waals surface area (Å²) in [7, 11) is 1.95. The number of nitrogens with one attached hydrogen (secondary N) is 1. The molecule has 2 bridgehead atoms. The molecular formula is C20H32ClN5O3. The molecule has 0 aromatic carbocycles. The molecule has 2 aliphatic heterocycles. The molecule has 3 atom stereocenters. The van der Waals surface area contributed by atoms with Gasteiger partial charge in [0.05, 0.1) is 5.69 Å². The molecule has 0 aliphatic carbocycles. The standard InChI is InChI=1S/C20H32ClN5O3/c1-20(2,3)29-19(28)26-14-6-7-15(26)11-13(10-14)22-18-16(12-17(21)23-24-18)25(4)8-5-9-27/h12-15,27H,5-11H2,1-4H3,(H,22,24)/t13?,14-,15+. The maximum absolute atomic E-state index is 12.6. The number of fused-ring (bicyclic) bond motifs is 2. The molecule has 3 heterocycles. The molecule has 1 aromatic heterocycles. The van der Waals surface area contributed by atoms with Crippen LogP contribution in [0, 0.1) is 0 Å². The van der Waals surface area contributed by atoms with Crippen LogP contribution >= 0.6 is 11.6 Å². The predicted molar refractivity (Wildman–Crippen MR) is 114 cm³/mol. The molecule has 0 spiro atoms. The lowest BCUT2D eigenvalue weighted by Gasteiger charge is -2.40. The minimum Gasteiger partial charge on any atom is -0.444 e. The fourth-order valence-electron chi connectivity index (χ4n) is 4.28.